The average molecular weight is 222 g/mol. The zero-order valence-electron chi connectivity index (χ0n) is 9.79. The second-order valence-corrected chi connectivity index (χ2v) is 4.14. The van der Waals surface area contributed by atoms with Crippen molar-refractivity contribution in [2.75, 3.05) is 0 Å². The normalized spacial score (nSPS) is 19.5. The molecule has 1 unspecified atom stereocenters. The third-order valence-corrected chi connectivity index (χ3v) is 3.20. The minimum Gasteiger partial charge on any atom is -0.364 e. The summed E-state index contributed by atoms with van der Waals surface area (Å²) >= 11 is 0. The summed E-state index contributed by atoms with van der Waals surface area (Å²) in [5, 5.41) is 7.68. The summed E-state index contributed by atoms with van der Waals surface area (Å²) in [7, 11) is 0. The minimum absolute atomic E-state index is 0.430. The van der Waals surface area contributed by atoms with Gasteiger partial charge in [-0.15, -0.1) is 0 Å². The number of nitrogens with zero attached hydrogens (tertiary/aromatic N) is 2. The number of aromatic nitrogens is 2. The fourth-order valence-electron chi connectivity index (χ4n) is 2.25. The lowest BCUT2D eigenvalue weighted by atomic mass is 9.99. The van der Waals surface area contributed by atoms with Crippen molar-refractivity contribution in [1.29, 1.82) is 0 Å². The number of amides is 1. The first-order valence-corrected chi connectivity index (χ1v) is 5.79. The molecule has 1 atom stereocenters. The Morgan fingerprint density at radius 2 is 2.38 bits per heavy atom. The van der Waals surface area contributed by atoms with Crippen LogP contribution < -0.4 is 11.1 Å². The summed E-state index contributed by atoms with van der Waals surface area (Å²) in [6.07, 6.45) is 2.01. The van der Waals surface area contributed by atoms with Gasteiger partial charge in [-0.25, -0.2) is 0 Å². The number of hydrogen-bond acceptors (Lipinski definition) is 3. The fourth-order valence-corrected chi connectivity index (χ4v) is 2.25. The molecule has 0 aliphatic carbocycles. The van der Waals surface area contributed by atoms with Crippen molar-refractivity contribution >= 4 is 5.91 Å². The SMILES string of the molecule is CCC1Cc2c(c(C(N)=O)nn2CC)CN1. The van der Waals surface area contributed by atoms with E-state index in [1.165, 1.54) is 5.69 Å². The smallest absolute Gasteiger partial charge is 0.269 e. The summed E-state index contributed by atoms with van der Waals surface area (Å²) in [6.45, 7) is 5.67. The monoisotopic (exact) mass is 222 g/mol. The van der Waals surface area contributed by atoms with Crippen LogP contribution in [0, 0.1) is 0 Å². The van der Waals surface area contributed by atoms with Crippen LogP contribution in [0.1, 0.15) is 42.0 Å². The van der Waals surface area contributed by atoms with Gasteiger partial charge in [0.05, 0.1) is 0 Å². The molecule has 1 amide bonds. The quantitative estimate of drug-likeness (QED) is 0.778. The summed E-state index contributed by atoms with van der Waals surface area (Å²) < 4.78 is 1.90. The van der Waals surface area contributed by atoms with Gasteiger partial charge in [0, 0.05) is 36.8 Å². The maximum Gasteiger partial charge on any atom is 0.269 e. The molecule has 0 aromatic carbocycles. The van der Waals surface area contributed by atoms with Gasteiger partial charge < -0.3 is 11.1 Å². The third-order valence-electron chi connectivity index (χ3n) is 3.20. The molecule has 3 N–H and O–H groups in total. The van der Waals surface area contributed by atoms with Gasteiger partial charge in [-0.3, -0.25) is 9.48 Å². The number of primary amides is 1. The molecular formula is C11H18N4O. The highest BCUT2D eigenvalue weighted by Gasteiger charge is 2.26. The van der Waals surface area contributed by atoms with Crippen LogP contribution in [0.3, 0.4) is 0 Å². The Labute approximate surface area is 95.0 Å². The van der Waals surface area contributed by atoms with Crippen LogP contribution >= 0.6 is 0 Å². The Morgan fingerprint density at radius 3 is 2.94 bits per heavy atom. The highest BCUT2D eigenvalue weighted by Crippen LogP contribution is 2.21. The van der Waals surface area contributed by atoms with E-state index in [1.54, 1.807) is 0 Å². The average Bonchev–Trinajstić information content (AvgIpc) is 2.66. The lowest BCUT2D eigenvalue weighted by Crippen LogP contribution is -2.36. The summed E-state index contributed by atoms with van der Waals surface area (Å²) in [5.41, 5.74) is 7.91. The van der Waals surface area contributed by atoms with Crippen LogP contribution in [0.25, 0.3) is 0 Å². The number of carbonyl (C=O) groups is 1. The van der Waals surface area contributed by atoms with Gasteiger partial charge in [0.2, 0.25) is 0 Å². The zero-order chi connectivity index (χ0) is 11.7. The number of nitrogens with one attached hydrogen (secondary N) is 1. The summed E-state index contributed by atoms with van der Waals surface area (Å²) in [6, 6.07) is 0.482. The Bertz CT molecular complexity index is 410. The van der Waals surface area contributed by atoms with Gasteiger partial charge in [-0.1, -0.05) is 6.92 Å². The zero-order valence-corrected chi connectivity index (χ0v) is 9.79. The second-order valence-electron chi connectivity index (χ2n) is 4.14. The largest absolute Gasteiger partial charge is 0.364 e. The van der Waals surface area contributed by atoms with Crippen LogP contribution in [0.15, 0.2) is 0 Å². The van der Waals surface area contributed by atoms with E-state index in [0.29, 0.717) is 18.3 Å². The maximum atomic E-state index is 11.3. The molecule has 5 heteroatoms. The van der Waals surface area contributed by atoms with E-state index in [4.69, 9.17) is 5.73 Å². The Hall–Kier alpha value is -1.36. The first-order valence-electron chi connectivity index (χ1n) is 5.79. The Balaban J connectivity index is 2.42. The van der Waals surface area contributed by atoms with Crippen molar-refractivity contribution in [3.63, 3.8) is 0 Å². The fraction of sp³-hybridized carbons (Fsp3) is 0.636. The number of carbonyl (C=O) groups excluding carboxylic acids is 1. The van der Waals surface area contributed by atoms with Gasteiger partial charge >= 0.3 is 0 Å². The topological polar surface area (TPSA) is 72.9 Å². The molecular weight excluding hydrogens is 204 g/mol. The molecule has 2 heterocycles. The van der Waals surface area contributed by atoms with E-state index in [1.807, 2.05) is 11.6 Å². The van der Waals surface area contributed by atoms with E-state index in [0.717, 1.165) is 24.9 Å². The Kier molecular flexibility index (Phi) is 2.96. The molecule has 16 heavy (non-hydrogen) atoms. The predicted octanol–water partition coefficient (Wildman–Crippen LogP) is 0.426. The van der Waals surface area contributed by atoms with Crippen molar-refractivity contribution in [3.05, 3.63) is 17.0 Å². The number of fused-ring (bicyclic) bond motifs is 1. The van der Waals surface area contributed by atoms with E-state index < -0.39 is 5.91 Å². The highest BCUT2D eigenvalue weighted by molar-refractivity contribution is 5.92. The molecule has 1 aromatic rings. The molecule has 0 spiro atoms. The molecule has 2 rings (SSSR count). The summed E-state index contributed by atoms with van der Waals surface area (Å²) in [5.74, 6) is -0.430. The lowest BCUT2D eigenvalue weighted by molar-refractivity contribution is 0.0993. The van der Waals surface area contributed by atoms with Crippen LogP contribution in [-0.2, 0) is 19.5 Å². The number of nitrogens with two attached hydrogens (primary N) is 1. The van der Waals surface area contributed by atoms with Gasteiger partial charge in [0.15, 0.2) is 5.69 Å². The van der Waals surface area contributed by atoms with Crippen LogP contribution in [-0.4, -0.2) is 21.7 Å². The van der Waals surface area contributed by atoms with Gasteiger partial charge in [0.1, 0.15) is 0 Å². The maximum absolute atomic E-state index is 11.3. The number of aryl methyl sites for hydroxylation is 1. The highest BCUT2D eigenvalue weighted by atomic mass is 16.1. The van der Waals surface area contributed by atoms with Gasteiger partial charge in [0.25, 0.3) is 5.91 Å². The first kappa shape index (κ1) is 11.1. The molecule has 1 aliphatic rings. The Morgan fingerprint density at radius 1 is 1.62 bits per heavy atom. The van der Waals surface area contributed by atoms with Crippen LogP contribution in [0.4, 0.5) is 0 Å². The van der Waals surface area contributed by atoms with Crippen molar-refractivity contribution in [2.24, 2.45) is 5.73 Å². The summed E-state index contributed by atoms with van der Waals surface area (Å²) in [4.78, 5) is 11.3. The third kappa shape index (κ3) is 1.71. The molecule has 5 nitrogen and oxygen atoms in total. The number of hydrogen-bond donors (Lipinski definition) is 2. The molecule has 88 valence electrons. The standard InChI is InChI=1S/C11H18N4O/c1-3-7-5-9-8(6-13-7)10(11(12)16)14-15(9)4-2/h7,13H,3-6H2,1-2H3,(H2,12,16). The molecule has 0 fully saturated rings. The van der Waals surface area contributed by atoms with Crippen molar-refractivity contribution in [1.82, 2.24) is 15.1 Å². The van der Waals surface area contributed by atoms with E-state index in [9.17, 15) is 4.79 Å². The number of rotatable bonds is 3. The van der Waals surface area contributed by atoms with Crippen LogP contribution in [0.2, 0.25) is 0 Å². The van der Waals surface area contributed by atoms with Crippen LogP contribution in [0.5, 0.6) is 0 Å². The molecule has 1 aliphatic heterocycles. The van der Waals surface area contributed by atoms with Crippen molar-refractivity contribution in [2.45, 2.75) is 45.8 Å². The van der Waals surface area contributed by atoms with Crippen molar-refractivity contribution in [3.8, 4) is 0 Å². The van der Waals surface area contributed by atoms with Gasteiger partial charge in [-0.2, -0.15) is 5.10 Å². The molecule has 0 saturated heterocycles. The van der Waals surface area contributed by atoms with Gasteiger partial charge in [-0.05, 0) is 13.3 Å². The lowest BCUT2D eigenvalue weighted by Gasteiger charge is -2.23. The van der Waals surface area contributed by atoms with E-state index >= 15 is 0 Å². The first-order chi connectivity index (χ1) is 7.67. The van der Waals surface area contributed by atoms with E-state index in [2.05, 4.69) is 17.3 Å². The second kappa shape index (κ2) is 4.25. The predicted molar refractivity (Wildman–Crippen MR) is 61.0 cm³/mol. The van der Waals surface area contributed by atoms with E-state index in [-0.39, 0.29) is 0 Å². The molecule has 0 saturated carbocycles. The molecule has 0 bridgehead atoms. The van der Waals surface area contributed by atoms with Crippen molar-refractivity contribution < 1.29 is 4.79 Å². The molecule has 1 aromatic heterocycles. The molecule has 0 radical (unpaired) electrons. The minimum atomic E-state index is -0.430.